The summed E-state index contributed by atoms with van der Waals surface area (Å²) in [5, 5.41) is 0. The van der Waals surface area contributed by atoms with Crippen molar-refractivity contribution in [3.05, 3.63) is 4.61 Å². The van der Waals surface area contributed by atoms with Crippen LogP contribution in [0, 0.1) is 4.61 Å². The van der Waals surface area contributed by atoms with Crippen LogP contribution in [0.1, 0.15) is 0 Å². The van der Waals surface area contributed by atoms with Gasteiger partial charge in [-0.3, -0.25) is 22.6 Å². The molecule has 2 heteroatoms. The van der Waals surface area contributed by atoms with E-state index in [9.17, 15) is 0 Å². The van der Waals surface area contributed by atoms with Gasteiger partial charge in [-0.25, -0.2) is 0 Å². The smallest absolute Gasteiger partial charge is 0.000211 e. The Kier molecular flexibility index (Phi) is 4.33. The Morgan fingerprint density at radius 2 is 2.25 bits per heavy atom. The second-order valence-corrected chi connectivity index (χ2v) is 0.833. The summed E-state index contributed by atoms with van der Waals surface area (Å²) in [6.07, 6.45) is 0. The normalized spacial score (nSPS) is 7.50. The van der Waals surface area contributed by atoms with Crippen molar-refractivity contribution in [3.8, 4) is 0 Å². The van der Waals surface area contributed by atoms with Gasteiger partial charge in [0.05, 0.1) is 0 Å². The number of methoxy groups -OCH3 is 1. The Labute approximate surface area is 39.5 Å². The molecule has 0 N–H and O–H groups in total. The van der Waals surface area contributed by atoms with Gasteiger partial charge in [0.2, 0.25) is 0 Å². The summed E-state index contributed by atoms with van der Waals surface area (Å²) in [7, 11) is 1.62. The van der Waals surface area contributed by atoms with Gasteiger partial charge in [0.1, 0.15) is 0 Å². The maximum Gasteiger partial charge on any atom is -0.000211 e. The number of hydrogen-bond acceptors (Lipinski definition) is 1. The molecule has 0 aliphatic heterocycles. The van der Waals surface area contributed by atoms with Crippen LogP contribution in [-0.2, 0) is 4.74 Å². The molecule has 1 nitrogen and oxygen atoms in total. The molecule has 0 rings (SSSR count). The second-order valence-electron chi connectivity index (χ2n) is 0.325. The average molecular weight is 171 g/mol. The van der Waals surface area contributed by atoms with Crippen molar-refractivity contribution in [3.63, 3.8) is 0 Å². The van der Waals surface area contributed by atoms with Crippen LogP contribution in [-0.4, -0.2) is 7.11 Å². The molecule has 0 unspecified atom stereocenters. The highest BCUT2D eigenvalue weighted by Gasteiger charge is 1.34. The quantitative estimate of drug-likeness (QED) is 0.425. The van der Waals surface area contributed by atoms with Crippen molar-refractivity contribution in [1.82, 2.24) is 0 Å². The Balaban J connectivity index is 1.97. The zero-order chi connectivity index (χ0) is 3.41. The third-order valence-corrected chi connectivity index (χ3v) is 0.598. The Morgan fingerprint density at radius 3 is 2.25 bits per heavy atom. The second kappa shape index (κ2) is 3.69. The lowest BCUT2D eigenvalue weighted by atomic mass is 11.6. The largest absolute Gasteiger partial charge is 0.544 e. The van der Waals surface area contributed by atoms with E-state index in [2.05, 4.69) is 4.74 Å². The lowest BCUT2D eigenvalue weighted by Gasteiger charge is -1.92. The van der Waals surface area contributed by atoms with E-state index in [-0.39, 0.29) is 0 Å². The van der Waals surface area contributed by atoms with Gasteiger partial charge in [-0.15, -0.1) is 0 Å². The molecule has 0 spiro atoms. The fourth-order valence-electron chi connectivity index (χ4n) is 0. The van der Waals surface area contributed by atoms with Crippen LogP contribution >= 0.6 is 22.6 Å². The summed E-state index contributed by atoms with van der Waals surface area (Å²) in [6, 6.07) is 0. The zero-order valence-corrected chi connectivity index (χ0v) is 4.52. The third kappa shape index (κ3) is 2.69. The molecule has 0 aromatic heterocycles. The lowest BCUT2D eigenvalue weighted by molar-refractivity contribution is 0.323. The zero-order valence-electron chi connectivity index (χ0n) is 2.36. The van der Waals surface area contributed by atoms with Gasteiger partial charge < -0.3 is 4.74 Å². The fourth-order valence-corrected chi connectivity index (χ4v) is 0. The molecule has 0 aromatic carbocycles. The van der Waals surface area contributed by atoms with E-state index < -0.39 is 0 Å². The number of rotatable bonds is 1. The molecule has 4 heavy (non-hydrogen) atoms. The highest BCUT2D eigenvalue weighted by Crippen LogP contribution is 1.84. The van der Waals surface area contributed by atoms with Gasteiger partial charge in [-0.1, -0.05) is 0 Å². The minimum absolute atomic E-state index is 1.60. The first kappa shape index (κ1) is 4.69. The topological polar surface area (TPSA) is 9.23 Å². The molecule has 0 radical (unpaired) electrons. The van der Waals surface area contributed by atoms with E-state index in [1.54, 1.807) is 11.7 Å². The van der Waals surface area contributed by atoms with Gasteiger partial charge in [0.15, 0.2) is 0 Å². The summed E-state index contributed by atoms with van der Waals surface area (Å²) >= 11 is 2.00. The maximum atomic E-state index is 4.40. The predicted octanol–water partition coefficient (Wildman–Crippen LogP) is 1.19. The molecule has 0 fully saturated rings. The van der Waals surface area contributed by atoms with Crippen molar-refractivity contribution in [1.29, 1.82) is 0 Å². The highest BCUT2D eigenvalue weighted by atomic mass is 127. The molecule has 0 heterocycles. The van der Waals surface area contributed by atoms with E-state index in [1.807, 2.05) is 22.6 Å². The van der Waals surface area contributed by atoms with E-state index in [1.165, 1.54) is 0 Å². The van der Waals surface area contributed by atoms with E-state index in [4.69, 9.17) is 0 Å². The predicted molar refractivity (Wildman–Crippen MR) is 25.3 cm³/mol. The van der Waals surface area contributed by atoms with Crippen molar-refractivity contribution in [2.75, 3.05) is 7.11 Å². The minimum atomic E-state index is 1.60. The third-order valence-electron chi connectivity index (χ3n) is 0.0891. The molecule has 0 aliphatic rings. The summed E-state index contributed by atoms with van der Waals surface area (Å²) in [5.41, 5.74) is 0. The molecule has 0 aromatic rings. The van der Waals surface area contributed by atoms with E-state index in [0.717, 1.165) is 0 Å². The van der Waals surface area contributed by atoms with Crippen molar-refractivity contribution in [2.24, 2.45) is 0 Å². The first-order valence-electron chi connectivity index (χ1n) is 0.862. The van der Waals surface area contributed by atoms with Crippen molar-refractivity contribution >= 4 is 22.6 Å². The van der Waals surface area contributed by atoms with Crippen LogP contribution in [0.2, 0.25) is 0 Å². The summed E-state index contributed by atoms with van der Waals surface area (Å²) in [4.78, 5) is 0. The average Bonchev–Trinajstić information content (AvgIpc) is 1.37. The van der Waals surface area contributed by atoms with Crippen LogP contribution in [0.25, 0.3) is 0 Å². The Morgan fingerprint density at radius 1 is 2.00 bits per heavy atom. The molecular formula is C2H4IO-. The monoisotopic (exact) mass is 171 g/mol. The van der Waals surface area contributed by atoms with Crippen molar-refractivity contribution in [2.45, 2.75) is 0 Å². The lowest BCUT2D eigenvalue weighted by Crippen LogP contribution is -1.58. The first-order chi connectivity index (χ1) is 1.91. The summed E-state index contributed by atoms with van der Waals surface area (Å²) in [6.45, 7) is 0. The van der Waals surface area contributed by atoms with E-state index >= 15 is 0 Å². The van der Waals surface area contributed by atoms with E-state index in [0.29, 0.717) is 0 Å². The fraction of sp³-hybridized carbons (Fsp3) is 0.500. The molecule has 26 valence electrons. The van der Waals surface area contributed by atoms with Crippen LogP contribution in [0.15, 0.2) is 0 Å². The van der Waals surface area contributed by atoms with Gasteiger partial charge in [0.25, 0.3) is 0 Å². The van der Waals surface area contributed by atoms with Gasteiger partial charge >= 0.3 is 0 Å². The van der Waals surface area contributed by atoms with Gasteiger partial charge in [-0.2, -0.15) is 4.61 Å². The van der Waals surface area contributed by atoms with Gasteiger partial charge in [0, 0.05) is 0 Å². The molecule has 0 saturated carbocycles. The molecule has 0 bridgehead atoms. The summed E-state index contributed by atoms with van der Waals surface area (Å²) in [5.74, 6) is 0. The van der Waals surface area contributed by atoms with Gasteiger partial charge in [-0.05, 0) is 7.11 Å². The standard InChI is InChI=1S/C2H4IO/c1-4-2-3/h2H,1H3/q-1. The SMILES string of the molecule is CO[CH-]I. The first-order valence-corrected chi connectivity index (χ1v) is 2.11. The molecule has 0 amide bonds. The number of halogens is 1. The molecule has 0 aliphatic carbocycles. The highest BCUT2D eigenvalue weighted by molar-refractivity contribution is 14.1. The Bertz CT molecular complexity index is 8.00. The number of ether oxygens (including phenoxy) is 1. The molecule has 0 atom stereocenters. The summed E-state index contributed by atoms with van der Waals surface area (Å²) < 4.78 is 6.00. The van der Waals surface area contributed by atoms with Crippen molar-refractivity contribution < 1.29 is 4.74 Å². The van der Waals surface area contributed by atoms with Crippen LogP contribution in [0.3, 0.4) is 0 Å². The molecule has 0 saturated heterocycles. The number of hydrogen-bond donors (Lipinski definition) is 0. The minimum Gasteiger partial charge on any atom is -0.544 e. The van der Waals surface area contributed by atoms with Crippen LogP contribution in [0.4, 0.5) is 0 Å². The Hall–Kier alpha value is 0.690. The maximum absolute atomic E-state index is 4.40. The van der Waals surface area contributed by atoms with Crippen LogP contribution in [0.5, 0.6) is 0 Å². The molecular weight excluding hydrogens is 167 g/mol. The van der Waals surface area contributed by atoms with Crippen LogP contribution < -0.4 is 0 Å².